The fourth-order valence-electron chi connectivity index (χ4n) is 3.89. The lowest BCUT2D eigenvalue weighted by Crippen LogP contribution is -2.46. The number of allylic oxidation sites excluding steroid dienone is 1. The zero-order valence-corrected chi connectivity index (χ0v) is 19.5. The Kier molecular flexibility index (Phi) is 7.50. The molecule has 3 aromatic carbocycles. The number of esters is 1. The van der Waals surface area contributed by atoms with Crippen LogP contribution in [0, 0.1) is 0 Å². The molecule has 0 spiro atoms. The Morgan fingerprint density at radius 3 is 2.50 bits per heavy atom. The number of carbonyl (C=O) groups is 2. The number of hydrogen-bond acceptors (Lipinski definition) is 4. The maximum Gasteiger partial charge on any atom is 0.338 e. The van der Waals surface area contributed by atoms with E-state index in [0.29, 0.717) is 34.9 Å². The topological polar surface area (TPSA) is 76.7 Å². The highest BCUT2D eigenvalue weighted by atomic mass is 35.5. The van der Waals surface area contributed by atoms with Crippen LogP contribution in [0.5, 0.6) is 5.75 Å². The molecule has 4 rings (SSSR count). The molecule has 1 aliphatic heterocycles. The summed E-state index contributed by atoms with van der Waals surface area (Å²) in [7, 11) is 1.57. The van der Waals surface area contributed by atoms with Gasteiger partial charge in [0.25, 0.3) is 0 Å². The summed E-state index contributed by atoms with van der Waals surface area (Å²) in [6, 6.07) is 23.2. The van der Waals surface area contributed by atoms with E-state index in [1.54, 1.807) is 13.2 Å². The summed E-state index contributed by atoms with van der Waals surface area (Å²) < 4.78 is 11.0. The van der Waals surface area contributed by atoms with Crippen molar-refractivity contribution < 1.29 is 19.1 Å². The van der Waals surface area contributed by atoms with Gasteiger partial charge in [0.05, 0.1) is 18.7 Å². The number of nitrogens with one attached hydrogen (secondary N) is 2. The van der Waals surface area contributed by atoms with Crippen molar-refractivity contribution in [3.05, 3.63) is 112 Å². The molecule has 0 bridgehead atoms. The van der Waals surface area contributed by atoms with Crippen LogP contribution in [0.1, 0.15) is 29.2 Å². The molecule has 0 saturated heterocycles. The number of urea groups is 1. The number of benzene rings is 3. The van der Waals surface area contributed by atoms with Gasteiger partial charge in [0, 0.05) is 10.7 Å². The van der Waals surface area contributed by atoms with E-state index in [1.165, 1.54) is 0 Å². The number of amides is 2. The molecule has 2 N–H and O–H groups in total. The predicted molar refractivity (Wildman–Crippen MR) is 130 cm³/mol. The number of halogens is 1. The maximum absolute atomic E-state index is 13.4. The Morgan fingerprint density at radius 1 is 0.971 bits per heavy atom. The standard InChI is InChI=1S/C27H25ClN2O4/c1-33-21-12-7-11-20(16-21)25-24(26(31)34-17-18-8-3-2-4-9-18)23(29-27(32)30-25)15-14-19-10-5-6-13-22(19)28/h2-13,16,25H,14-15,17H2,1H3,(H2,29,30,32). The first-order valence-electron chi connectivity index (χ1n) is 10.9. The number of hydrogen-bond donors (Lipinski definition) is 2. The lowest BCUT2D eigenvalue weighted by molar-refractivity contribution is -0.140. The van der Waals surface area contributed by atoms with Crippen molar-refractivity contribution in [1.29, 1.82) is 0 Å². The van der Waals surface area contributed by atoms with E-state index in [2.05, 4.69) is 10.6 Å². The number of carbonyl (C=O) groups excluding carboxylic acids is 2. The predicted octanol–water partition coefficient (Wildman–Crippen LogP) is 5.33. The molecule has 0 aliphatic carbocycles. The minimum Gasteiger partial charge on any atom is -0.497 e. The highest BCUT2D eigenvalue weighted by Crippen LogP contribution is 2.32. The van der Waals surface area contributed by atoms with E-state index in [-0.39, 0.29) is 12.6 Å². The van der Waals surface area contributed by atoms with Crippen LogP contribution in [0.15, 0.2) is 90.1 Å². The highest BCUT2D eigenvalue weighted by Gasteiger charge is 2.34. The summed E-state index contributed by atoms with van der Waals surface area (Å²) in [5, 5.41) is 6.32. The van der Waals surface area contributed by atoms with Gasteiger partial charge in [-0.05, 0) is 47.7 Å². The van der Waals surface area contributed by atoms with Gasteiger partial charge in [-0.15, -0.1) is 0 Å². The fraction of sp³-hybridized carbons (Fsp3) is 0.185. The average molecular weight is 477 g/mol. The number of ether oxygens (including phenoxy) is 2. The Balaban J connectivity index is 1.68. The van der Waals surface area contributed by atoms with Crippen LogP contribution in [-0.2, 0) is 22.6 Å². The van der Waals surface area contributed by atoms with Crippen molar-refractivity contribution in [3.63, 3.8) is 0 Å². The zero-order valence-electron chi connectivity index (χ0n) is 18.7. The summed E-state index contributed by atoms with van der Waals surface area (Å²) >= 11 is 6.32. The van der Waals surface area contributed by atoms with Gasteiger partial charge >= 0.3 is 12.0 Å². The molecule has 174 valence electrons. The first-order chi connectivity index (χ1) is 16.5. The van der Waals surface area contributed by atoms with Crippen LogP contribution in [0.3, 0.4) is 0 Å². The highest BCUT2D eigenvalue weighted by molar-refractivity contribution is 6.31. The SMILES string of the molecule is COc1cccc(C2NC(=O)NC(CCc3ccccc3Cl)=C2C(=O)OCc2ccccc2)c1. The van der Waals surface area contributed by atoms with E-state index in [4.69, 9.17) is 21.1 Å². The lowest BCUT2D eigenvalue weighted by Gasteiger charge is -2.29. The van der Waals surface area contributed by atoms with Crippen LogP contribution >= 0.6 is 11.6 Å². The Hall–Kier alpha value is -3.77. The molecule has 0 saturated carbocycles. The Labute approximate surface area is 203 Å². The molecule has 0 radical (unpaired) electrons. The van der Waals surface area contributed by atoms with E-state index in [1.807, 2.05) is 72.8 Å². The van der Waals surface area contributed by atoms with Gasteiger partial charge in [-0.3, -0.25) is 0 Å². The number of methoxy groups -OCH3 is 1. The average Bonchev–Trinajstić information content (AvgIpc) is 2.87. The van der Waals surface area contributed by atoms with Gasteiger partial charge in [-0.2, -0.15) is 0 Å². The van der Waals surface area contributed by atoms with E-state index >= 15 is 0 Å². The summed E-state index contributed by atoms with van der Waals surface area (Å²) in [6.07, 6.45) is 0.961. The molecular formula is C27H25ClN2O4. The monoisotopic (exact) mass is 476 g/mol. The second-order valence-electron chi connectivity index (χ2n) is 7.85. The second kappa shape index (κ2) is 10.9. The Bertz CT molecular complexity index is 1210. The minimum atomic E-state index is -0.687. The summed E-state index contributed by atoms with van der Waals surface area (Å²) in [5.74, 6) is 0.123. The molecule has 1 aliphatic rings. The van der Waals surface area contributed by atoms with Crippen LogP contribution in [-0.4, -0.2) is 19.1 Å². The third-order valence-electron chi connectivity index (χ3n) is 5.62. The molecular weight excluding hydrogens is 452 g/mol. The zero-order chi connectivity index (χ0) is 23.9. The molecule has 1 heterocycles. The molecule has 34 heavy (non-hydrogen) atoms. The van der Waals surface area contributed by atoms with Gasteiger partial charge < -0.3 is 20.1 Å². The molecule has 6 nitrogen and oxygen atoms in total. The van der Waals surface area contributed by atoms with Crippen molar-refractivity contribution >= 4 is 23.6 Å². The van der Waals surface area contributed by atoms with Crippen molar-refractivity contribution in [2.45, 2.75) is 25.5 Å². The molecule has 1 atom stereocenters. The van der Waals surface area contributed by atoms with E-state index in [9.17, 15) is 9.59 Å². The number of aryl methyl sites for hydroxylation is 1. The molecule has 2 amide bonds. The number of rotatable bonds is 8. The van der Waals surface area contributed by atoms with Crippen molar-refractivity contribution in [2.24, 2.45) is 0 Å². The van der Waals surface area contributed by atoms with Crippen LogP contribution < -0.4 is 15.4 Å². The maximum atomic E-state index is 13.4. The van der Waals surface area contributed by atoms with Gasteiger partial charge in [0.1, 0.15) is 12.4 Å². The molecule has 0 fully saturated rings. The van der Waals surface area contributed by atoms with Gasteiger partial charge in [0.15, 0.2) is 0 Å². The summed E-state index contributed by atoms with van der Waals surface area (Å²) in [5.41, 5.74) is 3.39. The van der Waals surface area contributed by atoms with Gasteiger partial charge in [0.2, 0.25) is 0 Å². The quantitative estimate of drug-likeness (QED) is 0.431. The minimum absolute atomic E-state index is 0.125. The van der Waals surface area contributed by atoms with Crippen molar-refractivity contribution in [2.75, 3.05) is 7.11 Å². The fourth-order valence-corrected chi connectivity index (χ4v) is 4.12. The van der Waals surface area contributed by atoms with E-state index in [0.717, 1.165) is 16.7 Å². The van der Waals surface area contributed by atoms with Crippen molar-refractivity contribution in [3.8, 4) is 5.75 Å². The lowest BCUT2D eigenvalue weighted by atomic mass is 9.93. The largest absolute Gasteiger partial charge is 0.497 e. The Morgan fingerprint density at radius 2 is 1.74 bits per heavy atom. The summed E-state index contributed by atoms with van der Waals surface area (Å²) in [4.78, 5) is 25.9. The van der Waals surface area contributed by atoms with Crippen LogP contribution in [0.25, 0.3) is 0 Å². The van der Waals surface area contributed by atoms with Crippen molar-refractivity contribution in [1.82, 2.24) is 10.6 Å². The molecule has 0 aromatic heterocycles. The van der Waals surface area contributed by atoms with Gasteiger partial charge in [-0.1, -0.05) is 72.3 Å². The molecule has 7 heteroatoms. The third-order valence-corrected chi connectivity index (χ3v) is 5.98. The first kappa shape index (κ1) is 23.4. The molecule has 3 aromatic rings. The second-order valence-corrected chi connectivity index (χ2v) is 8.26. The van der Waals surface area contributed by atoms with Gasteiger partial charge in [-0.25, -0.2) is 9.59 Å². The van der Waals surface area contributed by atoms with Crippen LogP contribution in [0.4, 0.5) is 4.79 Å². The smallest absolute Gasteiger partial charge is 0.338 e. The van der Waals surface area contributed by atoms with Crippen LogP contribution in [0.2, 0.25) is 5.02 Å². The third kappa shape index (κ3) is 5.58. The normalized spacial score (nSPS) is 15.4. The first-order valence-corrected chi connectivity index (χ1v) is 11.3. The van der Waals surface area contributed by atoms with E-state index < -0.39 is 12.0 Å². The summed E-state index contributed by atoms with van der Waals surface area (Å²) in [6.45, 7) is 0.125. The molecule has 1 unspecified atom stereocenters.